The highest BCUT2D eigenvalue weighted by atomic mass is 79.9. The Hall–Kier alpha value is -3.57. The summed E-state index contributed by atoms with van der Waals surface area (Å²) < 4.78 is 8.52. The summed E-state index contributed by atoms with van der Waals surface area (Å²) in [6.07, 6.45) is 0. The Morgan fingerprint density at radius 3 is 1.84 bits per heavy atom. The molecular weight excluding hydrogens is 534 g/mol. The van der Waals surface area contributed by atoms with Crippen LogP contribution in [0.4, 0.5) is 11.4 Å². The molecule has 0 bridgehead atoms. The van der Waals surface area contributed by atoms with Gasteiger partial charge in [-0.25, -0.2) is 0 Å². The molecule has 5 heteroatoms. The first-order chi connectivity index (χ1) is 17.7. The number of nitrogens with zero attached hydrogens (tertiary/aromatic N) is 3. The molecule has 0 unspecified atom stereocenters. The molecule has 196 valence electrons. The molecule has 0 amide bonds. The van der Waals surface area contributed by atoms with Crippen LogP contribution in [0.1, 0.15) is 16.7 Å². The van der Waals surface area contributed by atoms with Gasteiger partial charge in [0.2, 0.25) is 16.7 Å². The Morgan fingerprint density at radius 2 is 1.26 bits per heavy atom. The molecule has 0 aliphatic carbocycles. The molecule has 4 aromatic carbocycles. The predicted octanol–water partition coefficient (Wildman–Crippen LogP) is 4.01. The molecule has 0 saturated heterocycles. The maximum absolute atomic E-state index is 6.14. The fraction of sp³-hybridized carbons (Fsp3) is 0.242. The van der Waals surface area contributed by atoms with E-state index in [9.17, 15) is 0 Å². The number of aromatic nitrogens is 1. The van der Waals surface area contributed by atoms with E-state index in [1.165, 1.54) is 33.2 Å². The van der Waals surface area contributed by atoms with E-state index in [4.69, 9.17) is 4.74 Å². The third kappa shape index (κ3) is 4.60. The second-order valence-corrected chi connectivity index (χ2v) is 10.4. The topological polar surface area (TPSA) is 19.6 Å². The molecule has 5 rings (SSSR count). The number of halogens is 1. The van der Waals surface area contributed by atoms with Gasteiger partial charge in [0.05, 0.1) is 17.9 Å². The molecule has 1 heterocycles. The van der Waals surface area contributed by atoms with Crippen LogP contribution in [-0.4, -0.2) is 35.3 Å². The zero-order valence-electron chi connectivity index (χ0n) is 23.6. The zero-order chi connectivity index (χ0) is 26.4. The van der Waals surface area contributed by atoms with Crippen molar-refractivity contribution in [2.45, 2.75) is 20.8 Å². The van der Waals surface area contributed by atoms with Crippen LogP contribution >= 0.6 is 0 Å². The van der Waals surface area contributed by atoms with Gasteiger partial charge >= 0.3 is 0 Å². The van der Waals surface area contributed by atoms with Crippen molar-refractivity contribution in [3.63, 3.8) is 0 Å². The summed E-state index contributed by atoms with van der Waals surface area (Å²) in [6, 6.07) is 26.4. The quantitative estimate of drug-likeness (QED) is 0.235. The largest absolute Gasteiger partial charge is 1.00 e. The van der Waals surface area contributed by atoms with E-state index in [1.807, 2.05) is 0 Å². The van der Waals surface area contributed by atoms with E-state index in [1.54, 1.807) is 7.11 Å². The molecule has 0 saturated carbocycles. The van der Waals surface area contributed by atoms with Crippen molar-refractivity contribution in [2.24, 2.45) is 0 Å². The molecular formula is C33H36BrN3O. The van der Waals surface area contributed by atoms with Gasteiger partial charge in [0.25, 0.3) is 0 Å². The Kier molecular flexibility index (Phi) is 7.70. The molecule has 1 aromatic heterocycles. The predicted molar refractivity (Wildman–Crippen MR) is 158 cm³/mol. The molecule has 0 spiro atoms. The van der Waals surface area contributed by atoms with E-state index < -0.39 is 0 Å². The van der Waals surface area contributed by atoms with Crippen LogP contribution in [-0.2, 0) is 0 Å². The van der Waals surface area contributed by atoms with Crippen molar-refractivity contribution < 1.29 is 26.3 Å². The van der Waals surface area contributed by atoms with E-state index in [2.05, 4.69) is 136 Å². The average molecular weight is 571 g/mol. The highest BCUT2D eigenvalue weighted by molar-refractivity contribution is 6.12. The minimum absolute atomic E-state index is 0. The summed E-state index contributed by atoms with van der Waals surface area (Å²) in [6.45, 7) is 6.61. The smallest absolute Gasteiger partial charge is 0.225 e. The van der Waals surface area contributed by atoms with Crippen LogP contribution in [0, 0.1) is 20.8 Å². The number of hydrogen-bond acceptors (Lipinski definition) is 3. The van der Waals surface area contributed by atoms with Crippen LogP contribution in [0.5, 0.6) is 5.75 Å². The summed E-state index contributed by atoms with van der Waals surface area (Å²) in [7, 11) is 10.1. The third-order valence-electron chi connectivity index (χ3n) is 7.24. The standard InChI is InChI=1S/C33H36N3O.BrH/c1-21-16-22(2)31(23(3)17-21)32-27-15-14-25(34(4)5)18-28(27)36(24-12-10-9-11-13-24)29-19-26(35(6)7)20-30(37-8)33(29)32;/h9-20H,1-8H3;1H/q+1;/p-1. The van der Waals surface area contributed by atoms with Crippen LogP contribution in [0.2, 0.25) is 0 Å². The molecule has 0 N–H and O–H groups in total. The lowest BCUT2D eigenvalue weighted by Gasteiger charge is -2.21. The third-order valence-corrected chi connectivity index (χ3v) is 7.24. The Labute approximate surface area is 236 Å². The molecule has 0 aliphatic heterocycles. The van der Waals surface area contributed by atoms with Crippen molar-refractivity contribution >= 4 is 33.2 Å². The van der Waals surface area contributed by atoms with Crippen molar-refractivity contribution in [3.8, 4) is 22.6 Å². The second kappa shape index (κ2) is 10.7. The van der Waals surface area contributed by atoms with E-state index in [0.29, 0.717) is 0 Å². The first kappa shape index (κ1) is 27.5. The summed E-state index contributed by atoms with van der Waals surface area (Å²) in [5.74, 6) is 0.874. The maximum Gasteiger partial charge on any atom is 0.225 e. The molecule has 38 heavy (non-hydrogen) atoms. The van der Waals surface area contributed by atoms with Crippen molar-refractivity contribution in [1.82, 2.24) is 0 Å². The van der Waals surface area contributed by atoms with Gasteiger partial charge in [-0.05, 0) is 49.6 Å². The summed E-state index contributed by atoms with van der Waals surface area (Å²) in [4.78, 5) is 4.30. The zero-order valence-corrected chi connectivity index (χ0v) is 25.1. The average Bonchev–Trinajstić information content (AvgIpc) is 2.87. The number of hydrogen-bond donors (Lipinski definition) is 0. The van der Waals surface area contributed by atoms with Crippen molar-refractivity contribution in [1.29, 1.82) is 0 Å². The first-order valence-electron chi connectivity index (χ1n) is 12.7. The van der Waals surface area contributed by atoms with Crippen LogP contribution < -0.4 is 36.1 Å². The van der Waals surface area contributed by atoms with Gasteiger partial charge in [0.15, 0.2) is 0 Å². The van der Waals surface area contributed by atoms with E-state index in [-0.39, 0.29) is 17.0 Å². The molecule has 0 aliphatic rings. The van der Waals surface area contributed by atoms with E-state index in [0.717, 1.165) is 39.2 Å². The van der Waals surface area contributed by atoms with Gasteiger partial charge < -0.3 is 31.5 Å². The number of benzene rings is 4. The number of rotatable bonds is 5. The minimum Gasteiger partial charge on any atom is -1.00 e. The molecule has 0 fully saturated rings. The fourth-order valence-corrected chi connectivity index (χ4v) is 5.58. The number of fused-ring (bicyclic) bond motifs is 2. The molecule has 4 nitrogen and oxygen atoms in total. The molecule has 5 aromatic rings. The lowest BCUT2D eigenvalue weighted by Crippen LogP contribution is -3.00. The number of methoxy groups -OCH3 is 1. The maximum atomic E-state index is 6.14. The number of pyridine rings is 1. The van der Waals surface area contributed by atoms with Gasteiger partial charge in [0.1, 0.15) is 5.75 Å². The monoisotopic (exact) mass is 569 g/mol. The minimum atomic E-state index is 0. The highest BCUT2D eigenvalue weighted by Gasteiger charge is 2.28. The van der Waals surface area contributed by atoms with Crippen LogP contribution in [0.25, 0.3) is 38.6 Å². The summed E-state index contributed by atoms with van der Waals surface area (Å²) in [5.41, 5.74) is 12.0. The number of para-hydroxylation sites is 1. The van der Waals surface area contributed by atoms with Gasteiger partial charge in [-0.2, -0.15) is 4.57 Å². The normalized spacial score (nSPS) is 10.9. The van der Waals surface area contributed by atoms with Gasteiger partial charge in [-0.15, -0.1) is 0 Å². The number of aryl methyl sites for hydroxylation is 3. The Morgan fingerprint density at radius 1 is 0.658 bits per heavy atom. The first-order valence-corrected chi connectivity index (χ1v) is 12.7. The van der Waals surface area contributed by atoms with Gasteiger partial charge in [0, 0.05) is 75.5 Å². The Balaban J connectivity index is 0.00000336. The van der Waals surface area contributed by atoms with E-state index >= 15 is 0 Å². The van der Waals surface area contributed by atoms with Crippen LogP contribution in [0.3, 0.4) is 0 Å². The number of ether oxygens (including phenoxy) is 1. The summed E-state index contributed by atoms with van der Waals surface area (Å²) in [5, 5.41) is 2.32. The highest BCUT2D eigenvalue weighted by Crippen LogP contribution is 2.44. The fourth-order valence-electron chi connectivity index (χ4n) is 5.58. The lowest BCUT2D eigenvalue weighted by molar-refractivity contribution is -0.537. The van der Waals surface area contributed by atoms with Crippen molar-refractivity contribution in [2.75, 3.05) is 45.1 Å². The van der Waals surface area contributed by atoms with Crippen LogP contribution in [0.15, 0.2) is 72.8 Å². The second-order valence-electron chi connectivity index (χ2n) is 10.4. The molecule has 0 atom stereocenters. The molecule has 0 radical (unpaired) electrons. The van der Waals surface area contributed by atoms with Gasteiger partial charge in [-0.3, -0.25) is 0 Å². The van der Waals surface area contributed by atoms with Gasteiger partial charge in [-0.1, -0.05) is 35.9 Å². The SMILES string of the molecule is COc1cc(N(C)C)cc2c1c(-c1c(C)cc(C)cc1C)c1ccc(N(C)C)cc1[n+]2-c1ccccc1.[Br-]. The van der Waals surface area contributed by atoms with Crippen molar-refractivity contribution in [3.05, 3.63) is 89.5 Å². The number of anilines is 2. The lowest BCUT2D eigenvalue weighted by atomic mass is 9.88. The Bertz CT molecular complexity index is 1620. The summed E-state index contributed by atoms with van der Waals surface area (Å²) >= 11 is 0.